The summed E-state index contributed by atoms with van der Waals surface area (Å²) in [6.07, 6.45) is 0. The maximum absolute atomic E-state index is 12.9. The summed E-state index contributed by atoms with van der Waals surface area (Å²) in [6, 6.07) is 12.9. The number of Topliss-reactive ketones (excluding diaryl/α,β-unsaturated/α-hetero) is 1. The average molecular weight is 444 g/mol. The SMILES string of the molecule is CC(=O)c1cccc(NC(=O)CN2C(=O)N[C@](C)(c3cccc(Br)c3)C2=O)c1. The van der Waals surface area contributed by atoms with Crippen LogP contribution in [0.3, 0.4) is 0 Å². The number of imide groups is 1. The molecule has 0 aromatic heterocycles. The van der Waals surface area contributed by atoms with Crippen LogP contribution in [0.5, 0.6) is 0 Å². The zero-order chi connectivity index (χ0) is 20.5. The lowest BCUT2D eigenvalue weighted by Crippen LogP contribution is -2.42. The van der Waals surface area contributed by atoms with Crippen LogP contribution < -0.4 is 10.6 Å². The van der Waals surface area contributed by atoms with Crippen LogP contribution in [0.25, 0.3) is 0 Å². The normalized spacial score (nSPS) is 18.8. The lowest BCUT2D eigenvalue weighted by atomic mass is 9.92. The Labute approximate surface area is 170 Å². The second-order valence-corrected chi connectivity index (χ2v) is 7.56. The minimum absolute atomic E-state index is 0.130. The van der Waals surface area contributed by atoms with Crippen molar-refractivity contribution < 1.29 is 19.2 Å². The van der Waals surface area contributed by atoms with Crippen molar-refractivity contribution in [1.29, 1.82) is 0 Å². The van der Waals surface area contributed by atoms with Crippen molar-refractivity contribution in [2.75, 3.05) is 11.9 Å². The highest BCUT2D eigenvalue weighted by Gasteiger charge is 2.49. The lowest BCUT2D eigenvalue weighted by Gasteiger charge is -2.22. The number of anilines is 1. The Bertz CT molecular complexity index is 991. The van der Waals surface area contributed by atoms with Crippen LogP contribution >= 0.6 is 15.9 Å². The molecular weight excluding hydrogens is 426 g/mol. The molecule has 2 N–H and O–H groups in total. The number of urea groups is 1. The summed E-state index contributed by atoms with van der Waals surface area (Å²) in [5.41, 5.74) is 0.224. The summed E-state index contributed by atoms with van der Waals surface area (Å²) in [5, 5.41) is 5.27. The molecule has 4 amide bonds. The molecule has 8 heteroatoms. The molecule has 2 aromatic carbocycles. The maximum Gasteiger partial charge on any atom is 0.325 e. The topological polar surface area (TPSA) is 95.6 Å². The number of ketones is 1. The van der Waals surface area contributed by atoms with Crippen molar-refractivity contribution in [2.45, 2.75) is 19.4 Å². The number of hydrogen-bond donors (Lipinski definition) is 2. The molecule has 0 aliphatic carbocycles. The monoisotopic (exact) mass is 443 g/mol. The Morgan fingerprint density at radius 2 is 1.86 bits per heavy atom. The number of rotatable bonds is 5. The second kappa shape index (κ2) is 7.55. The summed E-state index contributed by atoms with van der Waals surface area (Å²) in [5.74, 6) is -1.18. The van der Waals surface area contributed by atoms with Gasteiger partial charge in [0.1, 0.15) is 12.1 Å². The Hall–Kier alpha value is -3.00. The van der Waals surface area contributed by atoms with Gasteiger partial charge >= 0.3 is 6.03 Å². The van der Waals surface area contributed by atoms with Gasteiger partial charge in [-0.3, -0.25) is 19.3 Å². The van der Waals surface area contributed by atoms with E-state index < -0.39 is 29.9 Å². The van der Waals surface area contributed by atoms with Crippen LogP contribution in [0.2, 0.25) is 0 Å². The number of halogens is 1. The third kappa shape index (κ3) is 3.82. The molecule has 0 saturated carbocycles. The summed E-state index contributed by atoms with van der Waals surface area (Å²) >= 11 is 3.35. The van der Waals surface area contributed by atoms with Crippen LogP contribution in [0.1, 0.15) is 29.8 Å². The third-order valence-electron chi connectivity index (χ3n) is 4.53. The van der Waals surface area contributed by atoms with E-state index in [-0.39, 0.29) is 5.78 Å². The molecule has 1 heterocycles. The standard InChI is InChI=1S/C20H18BrN3O4/c1-12(25)13-5-3-8-16(9-13)22-17(26)11-24-18(27)20(2,23-19(24)28)14-6-4-7-15(21)10-14/h3-10H,11H2,1-2H3,(H,22,26)(H,23,28)/t20-/m1/s1. The predicted molar refractivity (Wildman–Crippen MR) is 107 cm³/mol. The Kier molecular flexibility index (Phi) is 5.33. The Morgan fingerprint density at radius 3 is 2.54 bits per heavy atom. The van der Waals surface area contributed by atoms with E-state index in [9.17, 15) is 19.2 Å². The van der Waals surface area contributed by atoms with Crippen molar-refractivity contribution in [3.63, 3.8) is 0 Å². The van der Waals surface area contributed by atoms with Gasteiger partial charge in [0.05, 0.1) is 0 Å². The molecule has 0 bridgehead atoms. The average Bonchev–Trinajstić information content (AvgIpc) is 2.86. The van der Waals surface area contributed by atoms with Gasteiger partial charge in [-0.2, -0.15) is 0 Å². The van der Waals surface area contributed by atoms with Gasteiger partial charge in [0.2, 0.25) is 5.91 Å². The number of nitrogens with zero attached hydrogens (tertiary/aromatic N) is 1. The minimum Gasteiger partial charge on any atom is -0.325 e. The van der Waals surface area contributed by atoms with E-state index >= 15 is 0 Å². The fourth-order valence-electron chi connectivity index (χ4n) is 3.00. The van der Waals surface area contributed by atoms with Gasteiger partial charge in [0, 0.05) is 15.7 Å². The summed E-state index contributed by atoms with van der Waals surface area (Å²) in [4.78, 5) is 49.9. The highest BCUT2D eigenvalue weighted by atomic mass is 79.9. The molecule has 28 heavy (non-hydrogen) atoms. The molecule has 0 unspecified atom stereocenters. The van der Waals surface area contributed by atoms with Gasteiger partial charge in [-0.15, -0.1) is 0 Å². The highest BCUT2D eigenvalue weighted by Crippen LogP contribution is 2.30. The van der Waals surface area contributed by atoms with E-state index in [0.717, 1.165) is 9.37 Å². The number of carbonyl (C=O) groups excluding carboxylic acids is 4. The maximum atomic E-state index is 12.9. The molecule has 1 atom stereocenters. The van der Waals surface area contributed by atoms with Crippen LogP contribution in [0, 0.1) is 0 Å². The molecule has 144 valence electrons. The van der Waals surface area contributed by atoms with Crippen LogP contribution in [-0.2, 0) is 15.1 Å². The van der Waals surface area contributed by atoms with Crippen molar-refractivity contribution >= 4 is 45.2 Å². The van der Waals surface area contributed by atoms with Gasteiger partial charge in [0.15, 0.2) is 5.78 Å². The summed E-state index contributed by atoms with van der Waals surface area (Å²) in [6.45, 7) is 2.60. The minimum atomic E-state index is -1.25. The fourth-order valence-corrected chi connectivity index (χ4v) is 3.39. The first kappa shape index (κ1) is 19.8. The van der Waals surface area contributed by atoms with Crippen molar-refractivity contribution in [3.8, 4) is 0 Å². The van der Waals surface area contributed by atoms with Crippen molar-refractivity contribution in [2.24, 2.45) is 0 Å². The highest BCUT2D eigenvalue weighted by molar-refractivity contribution is 9.10. The molecule has 0 radical (unpaired) electrons. The first-order chi connectivity index (χ1) is 13.2. The van der Waals surface area contributed by atoms with Gasteiger partial charge in [-0.25, -0.2) is 4.79 Å². The van der Waals surface area contributed by atoms with E-state index in [4.69, 9.17) is 0 Å². The number of carbonyl (C=O) groups is 4. The summed E-state index contributed by atoms with van der Waals surface area (Å²) in [7, 11) is 0. The molecule has 0 spiro atoms. The van der Waals surface area contributed by atoms with E-state index in [2.05, 4.69) is 26.6 Å². The van der Waals surface area contributed by atoms with Crippen LogP contribution in [0.15, 0.2) is 53.0 Å². The predicted octanol–water partition coefficient (Wildman–Crippen LogP) is 3.06. The van der Waals surface area contributed by atoms with Gasteiger partial charge in [0.25, 0.3) is 5.91 Å². The van der Waals surface area contributed by atoms with Crippen LogP contribution in [-0.4, -0.2) is 35.1 Å². The number of benzene rings is 2. The molecule has 7 nitrogen and oxygen atoms in total. The Balaban J connectivity index is 1.75. The van der Waals surface area contributed by atoms with Gasteiger partial charge in [-0.05, 0) is 43.7 Å². The fraction of sp³-hybridized carbons (Fsp3) is 0.200. The van der Waals surface area contributed by atoms with Gasteiger partial charge < -0.3 is 10.6 Å². The van der Waals surface area contributed by atoms with Gasteiger partial charge in [-0.1, -0.05) is 40.2 Å². The molecule has 1 saturated heterocycles. The molecule has 2 aromatic rings. The first-order valence-corrected chi connectivity index (χ1v) is 9.31. The van der Waals surface area contributed by atoms with E-state index in [1.54, 1.807) is 43.3 Å². The molecule has 1 aliphatic heterocycles. The molecular formula is C20H18BrN3O4. The zero-order valence-corrected chi connectivity index (χ0v) is 16.9. The van der Waals surface area contributed by atoms with Crippen molar-refractivity contribution in [3.05, 3.63) is 64.1 Å². The number of nitrogens with one attached hydrogen (secondary N) is 2. The second-order valence-electron chi connectivity index (χ2n) is 6.64. The smallest absolute Gasteiger partial charge is 0.325 e. The summed E-state index contributed by atoms with van der Waals surface area (Å²) < 4.78 is 0.773. The zero-order valence-electron chi connectivity index (χ0n) is 15.3. The Morgan fingerprint density at radius 1 is 1.14 bits per heavy atom. The quantitative estimate of drug-likeness (QED) is 0.548. The third-order valence-corrected chi connectivity index (χ3v) is 5.02. The molecule has 1 aliphatic rings. The number of amides is 4. The molecule has 3 rings (SSSR count). The first-order valence-electron chi connectivity index (χ1n) is 8.52. The van der Waals surface area contributed by atoms with Crippen LogP contribution in [0.4, 0.5) is 10.5 Å². The lowest BCUT2D eigenvalue weighted by molar-refractivity contribution is -0.133. The molecule has 1 fully saturated rings. The van der Waals surface area contributed by atoms with Crippen molar-refractivity contribution in [1.82, 2.24) is 10.2 Å². The van der Waals surface area contributed by atoms with E-state index in [0.29, 0.717) is 16.8 Å². The van der Waals surface area contributed by atoms with E-state index in [1.807, 2.05) is 6.07 Å². The number of hydrogen-bond acceptors (Lipinski definition) is 4. The van der Waals surface area contributed by atoms with E-state index in [1.165, 1.54) is 13.0 Å². The largest absolute Gasteiger partial charge is 0.325 e.